The maximum atomic E-state index is 11.4. The molecule has 1 heterocycles. The van der Waals surface area contributed by atoms with E-state index < -0.39 is 17.7 Å². The lowest BCUT2D eigenvalue weighted by Crippen LogP contribution is -2.44. The molecule has 4 nitrogen and oxygen atoms in total. The number of carbonyl (C=O) groups is 2. The third kappa shape index (κ3) is 3.59. The minimum Gasteiger partial charge on any atom is -0.346 e. The van der Waals surface area contributed by atoms with Crippen LogP contribution in [0, 0.1) is 0 Å². The van der Waals surface area contributed by atoms with Gasteiger partial charge in [-0.3, -0.25) is 9.59 Å². The molecule has 1 aliphatic rings. The number of ether oxygens (including phenoxy) is 2. The monoisotopic (exact) mass is 260 g/mol. The van der Waals surface area contributed by atoms with Crippen molar-refractivity contribution in [1.82, 2.24) is 0 Å². The number of ketones is 1. The van der Waals surface area contributed by atoms with Crippen molar-refractivity contribution in [3.05, 3.63) is 42.0 Å². The van der Waals surface area contributed by atoms with Crippen molar-refractivity contribution in [2.75, 3.05) is 6.61 Å². The molecule has 0 saturated carbocycles. The van der Waals surface area contributed by atoms with Gasteiger partial charge < -0.3 is 9.47 Å². The minimum atomic E-state index is -0.975. The fourth-order valence-corrected chi connectivity index (χ4v) is 1.92. The molecule has 19 heavy (non-hydrogen) atoms. The molecule has 1 aliphatic heterocycles. The van der Waals surface area contributed by atoms with Crippen molar-refractivity contribution in [1.29, 1.82) is 0 Å². The van der Waals surface area contributed by atoms with Crippen molar-refractivity contribution < 1.29 is 19.1 Å². The molecular formula is C15H16O4. The Morgan fingerprint density at radius 1 is 1.37 bits per heavy atom. The van der Waals surface area contributed by atoms with Gasteiger partial charge in [-0.15, -0.1) is 0 Å². The van der Waals surface area contributed by atoms with Crippen molar-refractivity contribution in [2.45, 2.75) is 25.2 Å². The average Bonchev–Trinajstić information content (AvgIpc) is 2.45. The first-order chi connectivity index (χ1) is 9.13. The van der Waals surface area contributed by atoms with Gasteiger partial charge >= 0.3 is 0 Å². The highest BCUT2D eigenvalue weighted by Gasteiger charge is 2.35. The van der Waals surface area contributed by atoms with E-state index in [0.29, 0.717) is 19.3 Å². The summed E-state index contributed by atoms with van der Waals surface area (Å²) in [5.74, 6) is -1.51. The zero-order chi connectivity index (χ0) is 13.7. The highest BCUT2D eigenvalue weighted by atomic mass is 16.7. The molecule has 2 atom stereocenters. The van der Waals surface area contributed by atoms with Gasteiger partial charge in [0.2, 0.25) is 5.78 Å². The van der Waals surface area contributed by atoms with Gasteiger partial charge in [0.25, 0.3) is 0 Å². The summed E-state index contributed by atoms with van der Waals surface area (Å²) in [6.45, 7) is 2.12. The average molecular weight is 260 g/mol. The second-order valence-corrected chi connectivity index (χ2v) is 4.52. The van der Waals surface area contributed by atoms with Gasteiger partial charge in [0, 0.05) is 6.42 Å². The van der Waals surface area contributed by atoms with Gasteiger partial charge in [-0.25, -0.2) is 0 Å². The SMILES string of the molecule is CC1(C=Cc2ccccc2)OCCC(C(=O)C=O)O1. The number of carbonyl (C=O) groups excluding carboxylic acids is 2. The van der Waals surface area contributed by atoms with Crippen LogP contribution in [0.25, 0.3) is 6.08 Å². The van der Waals surface area contributed by atoms with Crippen LogP contribution in [0.5, 0.6) is 0 Å². The first kappa shape index (κ1) is 13.6. The number of hydrogen-bond donors (Lipinski definition) is 0. The smallest absolute Gasteiger partial charge is 0.224 e. The van der Waals surface area contributed by atoms with Gasteiger partial charge in [-0.2, -0.15) is 0 Å². The van der Waals surface area contributed by atoms with E-state index in [2.05, 4.69) is 0 Å². The maximum Gasteiger partial charge on any atom is 0.224 e. The normalized spacial score (nSPS) is 27.3. The molecule has 0 amide bonds. The molecular weight excluding hydrogens is 244 g/mol. The summed E-state index contributed by atoms with van der Waals surface area (Å²) in [5.41, 5.74) is 1.01. The van der Waals surface area contributed by atoms with Gasteiger partial charge in [-0.05, 0) is 18.6 Å². The number of benzene rings is 1. The summed E-state index contributed by atoms with van der Waals surface area (Å²) in [7, 11) is 0. The largest absolute Gasteiger partial charge is 0.346 e. The first-order valence-electron chi connectivity index (χ1n) is 6.18. The predicted molar refractivity (Wildman–Crippen MR) is 70.4 cm³/mol. The molecule has 1 aromatic carbocycles. The van der Waals surface area contributed by atoms with Crippen LogP contribution in [0.15, 0.2) is 36.4 Å². The Labute approximate surface area is 112 Å². The third-order valence-electron chi connectivity index (χ3n) is 2.96. The summed E-state index contributed by atoms with van der Waals surface area (Å²) < 4.78 is 11.1. The van der Waals surface area contributed by atoms with E-state index in [9.17, 15) is 9.59 Å². The topological polar surface area (TPSA) is 52.6 Å². The molecule has 0 aromatic heterocycles. The molecule has 0 spiro atoms. The van der Waals surface area contributed by atoms with Crippen LogP contribution in [-0.2, 0) is 19.1 Å². The molecule has 0 aliphatic carbocycles. The quantitative estimate of drug-likeness (QED) is 0.613. The van der Waals surface area contributed by atoms with Crippen LogP contribution in [-0.4, -0.2) is 30.6 Å². The molecule has 0 N–H and O–H groups in total. The fourth-order valence-electron chi connectivity index (χ4n) is 1.92. The van der Waals surface area contributed by atoms with Crippen molar-refractivity contribution in [3.63, 3.8) is 0 Å². The molecule has 4 heteroatoms. The number of rotatable bonds is 4. The zero-order valence-corrected chi connectivity index (χ0v) is 10.7. The van der Waals surface area contributed by atoms with Gasteiger partial charge in [-0.1, -0.05) is 36.4 Å². The van der Waals surface area contributed by atoms with Crippen LogP contribution in [0.4, 0.5) is 0 Å². The molecule has 1 aromatic rings. The molecule has 2 unspecified atom stereocenters. The summed E-state index contributed by atoms with van der Waals surface area (Å²) in [6, 6.07) is 9.71. The molecule has 100 valence electrons. The Morgan fingerprint density at radius 2 is 2.11 bits per heavy atom. The Bertz CT molecular complexity index is 480. The lowest BCUT2D eigenvalue weighted by atomic mass is 10.1. The van der Waals surface area contributed by atoms with Crippen LogP contribution in [0.1, 0.15) is 18.9 Å². The van der Waals surface area contributed by atoms with Gasteiger partial charge in [0.15, 0.2) is 12.1 Å². The van der Waals surface area contributed by atoms with E-state index in [1.807, 2.05) is 36.4 Å². The highest BCUT2D eigenvalue weighted by Crippen LogP contribution is 2.25. The number of Topliss-reactive ketones (excluding diaryl/α,β-unsaturated/α-hetero) is 1. The maximum absolute atomic E-state index is 11.4. The Kier molecular flexibility index (Phi) is 4.24. The van der Waals surface area contributed by atoms with E-state index in [1.165, 1.54) is 0 Å². The Hall–Kier alpha value is -1.78. The summed E-state index contributed by atoms with van der Waals surface area (Å²) in [5, 5.41) is 0. The van der Waals surface area contributed by atoms with E-state index in [4.69, 9.17) is 9.47 Å². The van der Waals surface area contributed by atoms with Gasteiger partial charge in [0.05, 0.1) is 6.61 Å². The van der Waals surface area contributed by atoms with Crippen molar-refractivity contribution in [3.8, 4) is 0 Å². The molecule has 2 rings (SSSR count). The molecule has 0 bridgehead atoms. The molecule has 1 fully saturated rings. The van der Waals surface area contributed by atoms with E-state index >= 15 is 0 Å². The first-order valence-corrected chi connectivity index (χ1v) is 6.18. The van der Waals surface area contributed by atoms with Crippen LogP contribution in [0.3, 0.4) is 0 Å². The highest BCUT2D eigenvalue weighted by molar-refractivity contribution is 6.27. The summed E-state index contributed by atoms with van der Waals surface area (Å²) >= 11 is 0. The second-order valence-electron chi connectivity index (χ2n) is 4.52. The van der Waals surface area contributed by atoms with Crippen LogP contribution >= 0.6 is 0 Å². The lowest BCUT2D eigenvalue weighted by molar-refractivity contribution is -0.248. The van der Waals surface area contributed by atoms with Gasteiger partial charge in [0.1, 0.15) is 6.10 Å². The van der Waals surface area contributed by atoms with Crippen LogP contribution < -0.4 is 0 Å². The van der Waals surface area contributed by atoms with E-state index in [0.717, 1.165) is 5.56 Å². The summed E-state index contributed by atoms with van der Waals surface area (Å²) in [4.78, 5) is 21.9. The molecule has 1 saturated heterocycles. The second kappa shape index (κ2) is 5.91. The predicted octanol–water partition coefficient (Wildman–Crippen LogP) is 1.99. The molecule has 0 radical (unpaired) electrons. The zero-order valence-electron chi connectivity index (χ0n) is 10.7. The van der Waals surface area contributed by atoms with Crippen molar-refractivity contribution >= 4 is 18.1 Å². The Balaban J connectivity index is 2.07. The van der Waals surface area contributed by atoms with E-state index in [1.54, 1.807) is 13.0 Å². The summed E-state index contributed by atoms with van der Waals surface area (Å²) in [6.07, 6.45) is 3.63. The minimum absolute atomic E-state index is 0.303. The van der Waals surface area contributed by atoms with Crippen LogP contribution in [0.2, 0.25) is 0 Å². The fraction of sp³-hybridized carbons (Fsp3) is 0.333. The Morgan fingerprint density at radius 3 is 2.79 bits per heavy atom. The number of hydrogen-bond acceptors (Lipinski definition) is 4. The number of aldehydes is 1. The van der Waals surface area contributed by atoms with E-state index in [-0.39, 0.29) is 0 Å². The third-order valence-corrected chi connectivity index (χ3v) is 2.96. The van der Waals surface area contributed by atoms with Crippen molar-refractivity contribution in [2.24, 2.45) is 0 Å². The lowest BCUT2D eigenvalue weighted by Gasteiger charge is -2.35. The standard InChI is InChI=1S/C15H16O4/c1-15(9-7-12-5-3-2-4-6-12)18-10-8-14(19-15)13(17)11-16/h2-7,9,11,14H,8,10H2,1H3.